The van der Waals surface area contributed by atoms with E-state index < -0.39 is 23.5 Å². The lowest BCUT2D eigenvalue weighted by atomic mass is 9.87. The molecule has 1 atom stereocenters. The Labute approximate surface area is 92.9 Å². The summed E-state index contributed by atoms with van der Waals surface area (Å²) in [5, 5.41) is 9.02. The third kappa shape index (κ3) is 2.38. The minimum atomic E-state index is -1.10. The van der Waals surface area contributed by atoms with Crippen LogP contribution in [-0.4, -0.2) is 11.1 Å². The minimum absolute atomic E-state index is 0.0430. The molecule has 88 valence electrons. The molecule has 0 spiro atoms. The van der Waals surface area contributed by atoms with Crippen LogP contribution in [0.2, 0.25) is 0 Å². The Morgan fingerprint density at radius 3 is 2.25 bits per heavy atom. The highest BCUT2D eigenvalue weighted by atomic mass is 19.1. The van der Waals surface area contributed by atoms with E-state index in [1.807, 2.05) is 0 Å². The number of halogens is 2. The molecule has 0 saturated carbocycles. The van der Waals surface area contributed by atoms with Crippen LogP contribution in [0.5, 0.6) is 0 Å². The Morgan fingerprint density at radius 1 is 1.25 bits per heavy atom. The van der Waals surface area contributed by atoms with Gasteiger partial charge < -0.3 is 5.11 Å². The summed E-state index contributed by atoms with van der Waals surface area (Å²) in [6.45, 7) is 4.87. The number of carboxylic acids is 1. The van der Waals surface area contributed by atoms with Crippen LogP contribution in [-0.2, 0) is 4.79 Å². The number of carbonyl (C=O) groups is 1. The molecule has 0 aliphatic rings. The van der Waals surface area contributed by atoms with Crippen molar-refractivity contribution in [2.45, 2.75) is 26.7 Å². The van der Waals surface area contributed by atoms with Crippen LogP contribution in [0, 0.1) is 24.5 Å². The first-order valence-electron chi connectivity index (χ1n) is 5.03. The van der Waals surface area contributed by atoms with Gasteiger partial charge in [0.25, 0.3) is 0 Å². The van der Waals surface area contributed by atoms with Crippen molar-refractivity contribution >= 4 is 5.97 Å². The average Bonchev–Trinajstić information content (AvgIpc) is 2.12. The second kappa shape index (κ2) is 4.60. The van der Waals surface area contributed by atoms with Crippen LogP contribution < -0.4 is 0 Å². The first-order valence-corrected chi connectivity index (χ1v) is 5.03. The van der Waals surface area contributed by atoms with Crippen molar-refractivity contribution in [2.75, 3.05) is 0 Å². The smallest absolute Gasteiger partial charge is 0.311 e. The van der Waals surface area contributed by atoms with Gasteiger partial charge in [-0.25, -0.2) is 8.78 Å². The molecule has 0 aromatic heterocycles. The van der Waals surface area contributed by atoms with E-state index in [-0.39, 0.29) is 17.0 Å². The molecule has 0 aliphatic heterocycles. The molecule has 1 aromatic rings. The molecule has 0 saturated heterocycles. The van der Waals surface area contributed by atoms with Gasteiger partial charge in [0, 0.05) is 11.6 Å². The van der Waals surface area contributed by atoms with Gasteiger partial charge in [0.05, 0.1) is 5.92 Å². The summed E-state index contributed by atoms with van der Waals surface area (Å²) in [6.07, 6.45) is 0. The lowest BCUT2D eigenvalue weighted by molar-refractivity contribution is -0.139. The van der Waals surface area contributed by atoms with E-state index in [0.717, 1.165) is 6.07 Å². The van der Waals surface area contributed by atoms with Crippen molar-refractivity contribution in [2.24, 2.45) is 5.92 Å². The summed E-state index contributed by atoms with van der Waals surface area (Å²) >= 11 is 0. The highest BCUT2D eigenvalue weighted by molar-refractivity contribution is 5.76. The molecule has 0 heterocycles. The molecule has 1 N–H and O–H groups in total. The van der Waals surface area contributed by atoms with Gasteiger partial charge in [-0.3, -0.25) is 4.79 Å². The lowest BCUT2D eigenvalue weighted by Crippen LogP contribution is -2.19. The Bertz CT molecular complexity index is 414. The molecule has 0 radical (unpaired) electrons. The molecule has 1 aromatic carbocycles. The van der Waals surface area contributed by atoms with Crippen LogP contribution in [0.4, 0.5) is 8.78 Å². The minimum Gasteiger partial charge on any atom is -0.481 e. The fourth-order valence-electron chi connectivity index (χ4n) is 1.70. The summed E-state index contributed by atoms with van der Waals surface area (Å²) in [5.41, 5.74) is 0.296. The standard InChI is InChI=1S/C12H14F2O2/c1-6(2)11(12(15)16)8-4-7(3)9(13)5-10(8)14/h4-6,11H,1-3H3,(H,15,16). The molecule has 0 fully saturated rings. The zero-order valence-electron chi connectivity index (χ0n) is 9.42. The SMILES string of the molecule is Cc1cc(C(C(=O)O)C(C)C)c(F)cc1F. The van der Waals surface area contributed by atoms with E-state index in [0.29, 0.717) is 0 Å². The second-order valence-corrected chi connectivity index (χ2v) is 4.18. The Kier molecular flexibility index (Phi) is 3.62. The summed E-state index contributed by atoms with van der Waals surface area (Å²) in [7, 11) is 0. The summed E-state index contributed by atoms with van der Waals surface area (Å²) < 4.78 is 26.5. The van der Waals surface area contributed by atoms with Crippen LogP contribution in [0.3, 0.4) is 0 Å². The van der Waals surface area contributed by atoms with Crippen molar-refractivity contribution < 1.29 is 18.7 Å². The van der Waals surface area contributed by atoms with Crippen molar-refractivity contribution in [3.8, 4) is 0 Å². The number of benzene rings is 1. The summed E-state index contributed by atoms with van der Waals surface area (Å²) in [6, 6.07) is 2.01. The first kappa shape index (κ1) is 12.6. The van der Waals surface area contributed by atoms with Gasteiger partial charge in [-0.15, -0.1) is 0 Å². The van der Waals surface area contributed by atoms with Crippen molar-refractivity contribution in [1.82, 2.24) is 0 Å². The third-order valence-electron chi connectivity index (χ3n) is 2.55. The van der Waals surface area contributed by atoms with Crippen LogP contribution in [0.1, 0.15) is 30.9 Å². The van der Waals surface area contributed by atoms with E-state index in [4.69, 9.17) is 5.11 Å². The Balaban J connectivity index is 3.30. The van der Waals surface area contributed by atoms with Gasteiger partial charge in [-0.05, 0) is 24.5 Å². The third-order valence-corrected chi connectivity index (χ3v) is 2.55. The Hall–Kier alpha value is -1.45. The number of hydrogen-bond acceptors (Lipinski definition) is 1. The van der Waals surface area contributed by atoms with Gasteiger partial charge in [-0.2, -0.15) is 0 Å². The Morgan fingerprint density at radius 2 is 1.81 bits per heavy atom. The van der Waals surface area contributed by atoms with Crippen molar-refractivity contribution in [3.63, 3.8) is 0 Å². The average molecular weight is 228 g/mol. The van der Waals surface area contributed by atoms with Crippen molar-refractivity contribution in [3.05, 3.63) is 34.9 Å². The monoisotopic (exact) mass is 228 g/mol. The number of aryl methyl sites for hydroxylation is 1. The van der Waals surface area contributed by atoms with E-state index in [9.17, 15) is 13.6 Å². The maximum absolute atomic E-state index is 13.5. The topological polar surface area (TPSA) is 37.3 Å². The van der Waals surface area contributed by atoms with Crippen LogP contribution in [0.15, 0.2) is 12.1 Å². The van der Waals surface area contributed by atoms with E-state index >= 15 is 0 Å². The number of hydrogen-bond donors (Lipinski definition) is 1. The highest BCUT2D eigenvalue weighted by Crippen LogP contribution is 2.28. The van der Waals surface area contributed by atoms with E-state index in [1.165, 1.54) is 13.0 Å². The van der Waals surface area contributed by atoms with E-state index in [1.54, 1.807) is 13.8 Å². The summed E-state index contributed by atoms with van der Waals surface area (Å²) in [5.74, 6) is -3.76. The van der Waals surface area contributed by atoms with Gasteiger partial charge in [0.1, 0.15) is 11.6 Å². The molecule has 0 aliphatic carbocycles. The predicted octanol–water partition coefficient (Wildman–Crippen LogP) is 3.10. The zero-order valence-corrected chi connectivity index (χ0v) is 9.42. The van der Waals surface area contributed by atoms with Gasteiger partial charge >= 0.3 is 5.97 Å². The second-order valence-electron chi connectivity index (χ2n) is 4.18. The first-order chi connectivity index (χ1) is 7.34. The molecule has 0 amide bonds. The normalized spacial score (nSPS) is 12.9. The van der Waals surface area contributed by atoms with E-state index in [2.05, 4.69) is 0 Å². The van der Waals surface area contributed by atoms with Gasteiger partial charge in [0.15, 0.2) is 0 Å². The predicted molar refractivity (Wildman–Crippen MR) is 56.3 cm³/mol. The van der Waals surface area contributed by atoms with Crippen molar-refractivity contribution in [1.29, 1.82) is 0 Å². The number of carboxylic acid groups (broad SMARTS) is 1. The number of aliphatic carboxylic acids is 1. The molecule has 1 unspecified atom stereocenters. The number of rotatable bonds is 3. The molecule has 1 rings (SSSR count). The fraction of sp³-hybridized carbons (Fsp3) is 0.417. The maximum atomic E-state index is 13.5. The molecule has 4 heteroatoms. The lowest BCUT2D eigenvalue weighted by Gasteiger charge is -2.18. The largest absolute Gasteiger partial charge is 0.481 e. The maximum Gasteiger partial charge on any atom is 0.311 e. The fourth-order valence-corrected chi connectivity index (χ4v) is 1.70. The zero-order chi connectivity index (χ0) is 12.5. The highest BCUT2D eigenvalue weighted by Gasteiger charge is 2.27. The van der Waals surface area contributed by atoms with Crippen LogP contribution in [0.25, 0.3) is 0 Å². The van der Waals surface area contributed by atoms with Crippen LogP contribution >= 0.6 is 0 Å². The van der Waals surface area contributed by atoms with Gasteiger partial charge in [0.2, 0.25) is 0 Å². The molecule has 16 heavy (non-hydrogen) atoms. The quantitative estimate of drug-likeness (QED) is 0.863. The molecule has 2 nitrogen and oxygen atoms in total. The molecule has 0 bridgehead atoms. The molecular formula is C12H14F2O2. The van der Waals surface area contributed by atoms with Gasteiger partial charge in [-0.1, -0.05) is 13.8 Å². The molecular weight excluding hydrogens is 214 g/mol. The summed E-state index contributed by atoms with van der Waals surface area (Å²) in [4.78, 5) is 11.0.